The standard InChI is InChI=1S/C14H21NO3/c1-10(15-7-11(16)8-17-2)13-9-18-14-6-4-3-5-12(13)14/h3-6,10-11,13,15-16H,7-9H2,1-2H3/t10-,11-,13-/m0/s1. The highest BCUT2D eigenvalue weighted by Crippen LogP contribution is 2.35. The van der Waals surface area contributed by atoms with Crippen molar-refractivity contribution < 1.29 is 14.6 Å². The maximum Gasteiger partial charge on any atom is 0.122 e. The number of ether oxygens (including phenoxy) is 2. The smallest absolute Gasteiger partial charge is 0.122 e. The topological polar surface area (TPSA) is 50.7 Å². The second kappa shape index (κ2) is 6.18. The van der Waals surface area contributed by atoms with Crippen LogP contribution < -0.4 is 10.1 Å². The van der Waals surface area contributed by atoms with Gasteiger partial charge in [-0.05, 0) is 13.0 Å². The van der Waals surface area contributed by atoms with Gasteiger partial charge in [0.2, 0.25) is 0 Å². The number of aliphatic hydroxyl groups excluding tert-OH is 1. The Balaban J connectivity index is 1.89. The van der Waals surface area contributed by atoms with E-state index in [-0.39, 0.29) is 6.04 Å². The minimum Gasteiger partial charge on any atom is -0.493 e. The van der Waals surface area contributed by atoms with Crippen LogP contribution in [0.4, 0.5) is 0 Å². The van der Waals surface area contributed by atoms with E-state index >= 15 is 0 Å². The molecule has 2 N–H and O–H groups in total. The molecule has 100 valence electrons. The number of hydrogen-bond donors (Lipinski definition) is 2. The average molecular weight is 251 g/mol. The first-order valence-corrected chi connectivity index (χ1v) is 6.34. The van der Waals surface area contributed by atoms with Crippen molar-refractivity contribution in [2.75, 3.05) is 26.9 Å². The predicted molar refractivity (Wildman–Crippen MR) is 70.0 cm³/mol. The first-order chi connectivity index (χ1) is 8.72. The van der Waals surface area contributed by atoms with Crippen molar-refractivity contribution in [2.24, 2.45) is 0 Å². The van der Waals surface area contributed by atoms with Gasteiger partial charge >= 0.3 is 0 Å². The number of aliphatic hydroxyl groups is 1. The van der Waals surface area contributed by atoms with Gasteiger partial charge in [-0.2, -0.15) is 0 Å². The van der Waals surface area contributed by atoms with Crippen LogP contribution in [0, 0.1) is 0 Å². The van der Waals surface area contributed by atoms with E-state index in [0.717, 1.165) is 5.75 Å². The molecule has 2 rings (SSSR count). The molecule has 1 aromatic rings. The van der Waals surface area contributed by atoms with E-state index in [4.69, 9.17) is 9.47 Å². The lowest BCUT2D eigenvalue weighted by Gasteiger charge is -2.21. The fraction of sp³-hybridized carbons (Fsp3) is 0.571. The predicted octanol–water partition coefficient (Wildman–Crippen LogP) is 1.15. The number of rotatable bonds is 6. The summed E-state index contributed by atoms with van der Waals surface area (Å²) in [7, 11) is 1.59. The molecule has 0 spiro atoms. The van der Waals surface area contributed by atoms with Gasteiger partial charge in [0.05, 0.1) is 19.3 Å². The van der Waals surface area contributed by atoms with Gasteiger partial charge in [-0.3, -0.25) is 0 Å². The molecule has 1 aliphatic rings. The van der Waals surface area contributed by atoms with E-state index in [1.54, 1.807) is 7.11 Å². The van der Waals surface area contributed by atoms with Gasteiger partial charge in [0, 0.05) is 31.2 Å². The third-order valence-electron chi connectivity index (χ3n) is 3.37. The van der Waals surface area contributed by atoms with Crippen molar-refractivity contribution >= 4 is 0 Å². The molecule has 0 radical (unpaired) electrons. The molecule has 0 fully saturated rings. The Morgan fingerprint density at radius 3 is 3.06 bits per heavy atom. The lowest BCUT2D eigenvalue weighted by molar-refractivity contribution is 0.0622. The Bertz CT molecular complexity index is 383. The summed E-state index contributed by atoms with van der Waals surface area (Å²) in [5.74, 6) is 1.32. The zero-order chi connectivity index (χ0) is 13.0. The summed E-state index contributed by atoms with van der Waals surface area (Å²) in [6.07, 6.45) is -0.463. The van der Waals surface area contributed by atoms with Gasteiger partial charge in [0.1, 0.15) is 5.75 Å². The van der Waals surface area contributed by atoms with E-state index in [1.807, 2.05) is 18.2 Å². The summed E-state index contributed by atoms with van der Waals surface area (Å²) in [6, 6.07) is 8.40. The van der Waals surface area contributed by atoms with E-state index in [0.29, 0.717) is 25.7 Å². The second-order valence-corrected chi connectivity index (χ2v) is 4.76. The van der Waals surface area contributed by atoms with Gasteiger partial charge in [0.25, 0.3) is 0 Å². The van der Waals surface area contributed by atoms with Crippen LogP contribution in [0.3, 0.4) is 0 Å². The molecular weight excluding hydrogens is 230 g/mol. The summed E-state index contributed by atoms with van der Waals surface area (Å²) >= 11 is 0. The number of fused-ring (bicyclic) bond motifs is 1. The van der Waals surface area contributed by atoms with Gasteiger partial charge in [-0.25, -0.2) is 0 Å². The Kier molecular flexibility index (Phi) is 4.58. The van der Waals surface area contributed by atoms with Gasteiger partial charge in [-0.15, -0.1) is 0 Å². The summed E-state index contributed by atoms with van der Waals surface area (Å²) in [5, 5.41) is 13.0. The zero-order valence-corrected chi connectivity index (χ0v) is 10.9. The normalized spacial score (nSPS) is 21.2. The van der Waals surface area contributed by atoms with Crippen molar-refractivity contribution in [3.63, 3.8) is 0 Å². The Morgan fingerprint density at radius 2 is 2.28 bits per heavy atom. The van der Waals surface area contributed by atoms with Crippen LogP contribution in [-0.2, 0) is 4.74 Å². The number of benzene rings is 1. The van der Waals surface area contributed by atoms with Gasteiger partial charge in [-0.1, -0.05) is 18.2 Å². The van der Waals surface area contributed by atoms with E-state index in [2.05, 4.69) is 18.3 Å². The monoisotopic (exact) mass is 251 g/mol. The van der Waals surface area contributed by atoms with Crippen LogP contribution in [0.15, 0.2) is 24.3 Å². The third kappa shape index (κ3) is 3.02. The number of para-hydroxylation sites is 1. The number of hydrogen-bond acceptors (Lipinski definition) is 4. The van der Waals surface area contributed by atoms with Crippen molar-refractivity contribution in [3.8, 4) is 5.75 Å². The minimum absolute atomic E-state index is 0.264. The Morgan fingerprint density at radius 1 is 1.50 bits per heavy atom. The molecular formula is C14H21NO3. The fourth-order valence-electron chi connectivity index (χ4n) is 2.32. The SMILES string of the molecule is COC[C@@H](O)CN[C@@H](C)[C@@H]1COc2ccccc21. The summed E-state index contributed by atoms with van der Waals surface area (Å²) in [6.45, 7) is 3.72. The Labute approximate surface area is 108 Å². The van der Waals surface area contributed by atoms with Crippen molar-refractivity contribution in [3.05, 3.63) is 29.8 Å². The molecule has 1 aromatic carbocycles. The van der Waals surface area contributed by atoms with Crippen LogP contribution in [-0.4, -0.2) is 44.1 Å². The summed E-state index contributed by atoms with van der Waals surface area (Å²) in [4.78, 5) is 0. The average Bonchev–Trinajstić information content (AvgIpc) is 2.80. The molecule has 3 atom stereocenters. The van der Waals surface area contributed by atoms with Crippen LogP contribution >= 0.6 is 0 Å². The molecule has 0 aromatic heterocycles. The van der Waals surface area contributed by atoms with Gasteiger partial charge in [0.15, 0.2) is 0 Å². The molecule has 0 saturated heterocycles. The molecule has 0 amide bonds. The molecule has 4 heteroatoms. The molecule has 0 unspecified atom stereocenters. The van der Waals surface area contributed by atoms with Crippen LogP contribution in [0.5, 0.6) is 5.75 Å². The van der Waals surface area contributed by atoms with Crippen LogP contribution in [0.2, 0.25) is 0 Å². The summed E-state index contributed by atoms with van der Waals surface area (Å²) in [5.41, 5.74) is 1.25. The van der Waals surface area contributed by atoms with Crippen LogP contribution in [0.25, 0.3) is 0 Å². The highest BCUT2D eigenvalue weighted by Gasteiger charge is 2.28. The molecule has 1 aliphatic heterocycles. The first kappa shape index (κ1) is 13.3. The third-order valence-corrected chi connectivity index (χ3v) is 3.37. The van der Waals surface area contributed by atoms with Crippen molar-refractivity contribution in [2.45, 2.75) is 25.0 Å². The number of nitrogens with one attached hydrogen (secondary N) is 1. The Hall–Kier alpha value is -1.10. The first-order valence-electron chi connectivity index (χ1n) is 6.34. The van der Waals surface area contributed by atoms with E-state index < -0.39 is 6.10 Å². The maximum absolute atomic E-state index is 9.62. The second-order valence-electron chi connectivity index (χ2n) is 4.76. The lowest BCUT2D eigenvalue weighted by Crippen LogP contribution is -2.39. The minimum atomic E-state index is -0.463. The molecule has 18 heavy (non-hydrogen) atoms. The van der Waals surface area contributed by atoms with Crippen LogP contribution in [0.1, 0.15) is 18.4 Å². The fourth-order valence-corrected chi connectivity index (χ4v) is 2.32. The number of methoxy groups -OCH3 is 1. The zero-order valence-electron chi connectivity index (χ0n) is 10.9. The van der Waals surface area contributed by atoms with E-state index in [1.165, 1.54) is 5.56 Å². The van der Waals surface area contributed by atoms with Crippen molar-refractivity contribution in [1.82, 2.24) is 5.32 Å². The largest absolute Gasteiger partial charge is 0.493 e. The lowest BCUT2D eigenvalue weighted by atomic mass is 9.94. The maximum atomic E-state index is 9.62. The molecule has 0 saturated carbocycles. The molecule has 0 aliphatic carbocycles. The van der Waals surface area contributed by atoms with E-state index in [9.17, 15) is 5.11 Å². The highest BCUT2D eigenvalue weighted by molar-refractivity contribution is 5.40. The summed E-state index contributed by atoms with van der Waals surface area (Å²) < 4.78 is 10.6. The highest BCUT2D eigenvalue weighted by atomic mass is 16.5. The van der Waals surface area contributed by atoms with Crippen molar-refractivity contribution in [1.29, 1.82) is 0 Å². The molecule has 4 nitrogen and oxygen atoms in total. The molecule has 0 bridgehead atoms. The molecule has 1 heterocycles. The van der Waals surface area contributed by atoms with Gasteiger partial charge < -0.3 is 19.9 Å². The quantitative estimate of drug-likeness (QED) is 0.796.